The largest absolute Gasteiger partial charge is 0.481 e. The fourth-order valence-electron chi connectivity index (χ4n) is 2.68. The van der Waals surface area contributed by atoms with Gasteiger partial charge in [-0.15, -0.1) is 0 Å². The third-order valence-electron chi connectivity index (χ3n) is 3.97. The van der Waals surface area contributed by atoms with Crippen molar-refractivity contribution >= 4 is 17.7 Å². The van der Waals surface area contributed by atoms with Crippen LogP contribution in [0.5, 0.6) is 0 Å². The molecule has 6 heteroatoms. The third kappa shape index (κ3) is 4.88. The topological polar surface area (TPSA) is 70.1 Å². The SMILES string of the molecule is Cc1ccc(N2CCN(C(=O)OC(C)(C)C)CC2)cc1CC(=O)O. The molecule has 1 N–H and O–H groups in total. The van der Waals surface area contributed by atoms with Crippen LogP contribution in [0.25, 0.3) is 0 Å². The van der Waals surface area contributed by atoms with Gasteiger partial charge in [-0.2, -0.15) is 0 Å². The van der Waals surface area contributed by atoms with E-state index in [0.29, 0.717) is 26.2 Å². The van der Waals surface area contributed by atoms with E-state index < -0.39 is 11.6 Å². The Morgan fingerprint density at radius 2 is 1.79 bits per heavy atom. The Kier molecular flexibility index (Phi) is 5.36. The molecule has 1 aromatic rings. The highest BCUT2D eigenvalue weighted by atomic mass is 16.6. The van der Waals surface area contributed by atoms with Crippen LogP contribution in [0.1, 0.15) is 31.9 Å². The summed E-state index contributed by atoms with van der Waals surface area (Å²) in [5.41, 5.74) is 2.32. The fourth-order valence-corrected chi connectivity index (χ4v) is 2.68. The Morgan fingerprint density at radius 3 is 2.33 bits per heavy atom. The summed E-state index contributed by atoms with van der Waals surface area (Å²) in [6, 6.07) is 5.89. The standard InChI is InChI=1S/C18H26N2O4/c1-13-5-6-15(11-14(13)12-16(21)22)19-7-9-20(10-8-19)17(23)24-18(2,3)4/h5-6,11H,7-10,12H2,1-4H3,(H,21,22). The lowest BCUT2D eigenvalue weighted by atomic mass is 10.0. The molecule has 0 bridgehead atoms. The van der Waals surface area contributed by atoms with Crippen LogP contribution in [0.3, 0.4) is 0 Å². The smallest absolute Gasteiger partial charge is 0.410 e. The number of carboxylic acid groups (broad SMARTS) is 1. The van der Waals surface area contributed by atoms with E-state index in [1.807, 2.05) is 45.9 Å². The number of ether oxygens (including phenoxy) is 1. The number of aliphatic carboxylic acids is 1. The van der Waals surface area contributed by atoms with Gasteiger partial charge in [0.1, 0.15) is 5.60 Å². The summed E-state index contributed by atoms with van der Waals surface area (Å²) in [6.45, 7) is 10.1. The van der Waals surface area contributed by atoms with Gasteiger partial charge in [-0.25, -0.2) is 4.79 Å². The van der Waals surface area contributed by atoms with Gasteiger partial charge in [0.15, 0.2) is 0 Å². The molecule has 132 valence electrons. The summed E-state index contributed by atoms with van der Waals surface area (Å²) in [5.74, 6) is -0.829. The number of carboxylic acids is 1. The molecule has 0 radical (unpaired) electrons. The number of benzene rings is 1. The predicted molar refractivity (Wildman–Crippen MR) is 92.5 cm³/mol. The number of carbonyl (C=O) groups excluding carboxylic acids is 1. The lowest BCUT2D eigenvalue weighted by molar-refractivity contribution is -0.136. The summed E-state index contributed by atoms with van der Waals surface area (Å²) in [4.78, 5) is 27.0. The number of anilines is 1. The van der Waals surface area contributed by atoms with Crippen LogP contribution in [0.15, 0.2) is 18.2 Å². The van der Waals surface area contributed by atoms with Crippen molar-refractivity contribution in [2.45, 2.75) is 39.7 Å². The molecule has 0 atom stereocenters. The second-order valence-electron chi connectivity index (χ2n) is 7.14. The molecular formula is C18H26N2O4. The molecule has 2 rings (SSSR count). The molecule has 1 fully saturated rings. The minimum atomic E-state index is -0.829. The van der Waals surface area contributed by atoms with Crippen molar-refractivity contribution in [3.05, 3.63) is 29.3 Å². The zero-order chi connectivity index (χ0) is 17.9. The van der Waals surface area contributed by atoms with E-state index in [2.05, 4.69) is 4.90 Å². The summed E-state index contributed by atoms with van der Waals surface area (Å²) in [5, 5.41) is 9.01. The van der Waals surface area contributed by atoms with E-state index in [1.165, 1.54) is 0 Å². The number of rotatable bonds is 3. The minimum Gasteiger partial charge on any atom is -0.481 e. The first-order valence-electron chi connectivity index (χ1n) is 8.20. The van der Waals surface area contributed by atoms with E-state index in [-0.39, 0.29) is 12.5 Å². The van der Waals surface area contributed by atoms with Crippen LogP contribution in [-0.2, 0) is 16.0 Å². The maximum Gasteiger partial charge on any atom is 0.410 e. The maximum atomic E-state index is 12.1. The van der Waals surface area contributed by atoms with Crippen molar-refractivity contribution in [3.63, 3.8) is 0 Å². The zero-order valence-corrected chi connectivity index (χ0v) is 14.8. The Labute approximate surface area is 143 Å². The second kappa shape index (κ2) is 7.11. The van der Waals surface area contributed by atoms with Gasteiger partial charge in [0, 0.05) is 31.9 Å². The van der Waals surface area contributed by atoms with Crippen LogP contribution in [0.4, 0.5) is 10.5 Å². The second-order valence-corrected chi connectivity index (χ2v) is 7.14. The number of hydrogen-bond acceptors (Lipinski definition) is 4. The van der Waals surface area contributed by atoms with E-state index in [9.17, 15) is 9.59 Å². The molecule has 0 aliphatic carbocycles. The average molecular weight is 334 g/mol. The van der Waals surface area contributed by atoms with E-state index >= 15 is 0 Å². The summed E-state index contributed by atoms with van der Waals surface area (Å²) in [6.07, 6.45) is -0.255. The minimum absolute atomic E-state index is 0.0253. The molecule has 0 unspecified atom stereocenters. The van der Waals surface area contributed by atoms with Crippen LogP contribution in [0.2, 0.25) is 0 Å². The van der Waals surface area contributed by atoms with Gasteiger partial charge in [-0.3, -0.25) is 4.79 Å². The summed E-state index contributed by atoms with van der Waals surface area (Å²) >= 11 is 0. The van der Waals surface area contributed by atoms with Crippen molar-refractivity contribution in [3.8, 4) is 0 Å². The molecule has 1 aromatic carbocycles. The lowest BCUT2D eigenvalue weighted by Gasteiger charge is -2.37. The monoisotopic (exact) mass is 334 g/mol. The highest BCUT2D eigenvalue weighted by Crippen LogP contribution is 2.22. The van der Waals surface area contributed by atoms with Gasteiger partial charge in [0.2, 0.25) is 0 Å². The van der Waals surface area contributed by atoms with Crippen LogP contribution < -0.4 is 4.90 Å². The molecule has 24 heavy (non-hydrogen) atoms. The number of piperazine rings is 1. The zero-order valence-electron chi connectivity index (χ0n) is 14.8. The van der Waals surface area contributed by atoms with Crippen molar-refractivity contribution in [1.29, 1.82) is 0 Å². The van der Waals surface area contributed by atoms with Gasteiger partial charge < -0.3 is 19.6 Å². The first kappa shape index (κ1) is 18.1. The van der Waals surface area contributed by atoms with Gasteiger partial charge in [0.05, 0.1) is 6.42 Å². The van der Waals surface area contributed by atoms with Gasteiger partial charge >= 0.3 is 12.1 Å². The molecular weight excluding hydrogens is 308 g/mol. The molecule has 6 nitrogen and oxygen atoms in total. The fraction of sp³-hybridized carbons (Fsp3) is 0.556. The maximum absolute atomic E-state index is 12.1. The molecule has 0 saturated carbocycles. The average Bonchev–Trinajstić information content (AvgIpc) is 2.47. The Bertz CT molecular complexity index is 614. The molecule has 0 spiro atoms. The highest BCUT2D eigenvalue weighted by molar-refractivity contribution is 5.72. The van der Waals surface area contributed by atoms with Crippen LogP contribution >= 0.6 is 0 Å². The molecule has 0 aromatic heterocycles. The van der Waals surface area contributed by atoms with Crippen molar-refractivity contribution < 1.29 is 19.4 Å². The van der Waals surface area contributed by atoms with Crippen molar-refractivity contribution in [1.82, 2.24) is 4.90 Å². The first-order valence-corrected chi connectivity index (χ1v) is 8.20. The number of carbonyl (C=O) groups is 2. The molecule has 1 aliphatic heterocycles. The van der Waals surface area contributed by atoms with Crippen molar-refractivity contribution in [2.24, 2.45) is 0 Å². The summed E-state index contributed by atoms with van der Waals surface area (Å²) < 4.78 is 5.40. The third-order valence-corrected chi connectivity index (χ3v) is 3.97. The molecule has 1 heterocycles. The number of nitrogens with zero attached hydrogens (tertiary/aromatic N) is 2. The van der Waals surface area contributed by atoms with Gasteiger partial charge in [-0.1, -0.05) is 6.07 Å². The molecule has 1 saturated heterocycles. The number of aryl methyl sites for hydroxylation is 1. The molecule has 1 amide bonds. The van der Waals surface area contributed by atoms with Gasteiger partial charge in [-0.05, 0) is 51.0 Å². The van der Waals surface area contributed by atoms with E-state index in [1.54, 1.807) is 4.90 Å². The van der Waals surface area contributed by atoms with E-state index in [4.69, 9.17) is 9.84 Å². The first-order chi connectivity index (χ1) is 11.2. The Balaban J connectivity index is 1.99. The number of hydrogen-bond donors (Lipinski definition) is 1. The van der Waals surface area contributed by atoms with Crippen molar-refractivity contribution in [2.75, 3.05) is 31.1 Å². The van der Waals surface area contributed by atoms with Gasteiger partial charge in [0.25, 0.3) is 0 Å². The highest BCUT2D eigenvalue weighted by Gasteiger charge is 2.26. The predicted octanol–water partition coefficient (Wildman–Crippen LogP) is 2.68. The number of amides is 1. The van der Waals surface area contributed by atoms with Crippen LogP contribution in [0, 0.1) is 6.92 Å². The normalized spacial score (nSPS) is 15.3. The van der Waals surface area contributed by atoms with Crippen LogP contribution in [-0.4, -0.2) is 53.8 Å². The Morgan fingerprint density at radius 1 is 1.17 bits per heavy atom. The lowest BCUT2D eigenvalue weighted by Crippen LogP contribution is -2.50. The quantitative estimate of drug-likeness (QED) is 0.920. The summed E-state index contributed by atoms with van der Waals surface area (Å²) in [7, 11) is 0. The molecule has 1 aliphatic rings. The van der Waals surface area contributed by atoms with E-state index in [0.717, 1.165) is 16.8 Å². The Hall–Kier alpha value is -2.24.